The molecule has 192 valence electrons. The third-order valence-electron chi connectivity index (χ3n) is 7.60. The normalized spacial score (nSPS) is 16.7. The summed E-state index contributed by atoms with van der Waals surface area (Å²) in [7, 11) is 3.25. The van der Waals surface area contributed by atoms with Gasteiger partial charge in [0.1, 0.15) is 30.7 Å². The highest BCUT2D eigenvalue weighted by atomic mass is 19.1. The molecule has 1 aromatic heterocycles. The van der Waals surface area contributed by atoms with Crippen molar-refractivity contribution in [3.05, 3.63) is 88.1 Å². The van der Waals surface area contributed by atoms with Gasteiger partial charge in [0, 0.05) is 36.3 Å². The molecule has 6 rings (SSSR count). The molecule has 2 aliphatic heterocycles. The lowest BCUT2D eigenvalue weighted by molar-refractivity contribution is 0.145. The quantitative estimate of drug-likeness (QED) is 0.394. The fourth-order valence-electron chi connectivity index (χ4n) is 5.86. The summed E-state index contributed by atoms with van der Waals surface area (Å²) in [5.41, 5.74) is 6.15. The van der Waals surface area contributed by atoms with Crippen LogP contribution >= 0.6 is 0 Å². The van der Waals surface area contributed by atoms with Gasteiger partial charge < -0.3 is 23.9 Å². The van der Waals surface area contributed by atoms with E-state index >= 15 is 0 Å². The van der Waals surface area contributed by atoms with Crippen LogP contribution in [-0.4, -0.2) is 35.3 Å². The maximum atomic E-state index is 13.6. The van der Waals surface area contributed by atoms with Crippen LogP contribution < -0.4 is 14.2 Å². The van der Waals surface area contributed by atoms with Gasteiger partial charge in [0.25, 0.3) is 0 Å². The molecule has 1 unspecified atom stereocenters. The van der Waals surface area contributed by atoms with Crippen LogP contribution in [0.3, 0.4) is 0 Å². The molecule has 4 aromatic rings. The second-order valence-electron chi connectivity index (χ2n) is 9.59. The van der Waals surface area contributed by atoms with Gasteiger partial charge in [-0.3, -0.25) is 4.90 Å². The third-order valence-corrected chi connectivity index (χ3v) is 7.60. The summed E-state index contributed by atoms with van der Waals surface area (Å²) in [6.07, 6.45) is 1.63. The molecule has 0 aliphatic carbocycles. The van der Waals surface area contributed by atoms with Gasteiger partial charge in [-0.1, -0.05) is 0 Å². The van der Waals surface area contributed by atoms with Gasteiger partial charge in [-0.2, -0.15) is 0 Å². The summed E-state index contributed by atoms with van der Waals surface area (Å²) >= 11 is 0. The molecule has 3 aromatic carbocycles. The molecule has 2 aliphatic rings. The summed E-state index contributed by atoms with van der Waals surface area (Å²) in [5, 5.41) is 11.3. The van der Waals surface area contributed by atoms with Gasteiger partial charge in [0.2, 0.25) is 0 Å². The number of hydrogen-bond donors (Lipinski definition) is 1. The number of fused-ring (bicyclic) bond motifs is 6. The van der Waals surface area contributed by atoms with Crippen molar-refractivity contribution in [2.45, 2.75) is 38.8 Å². The summed E-state index contributed by atoms with van der Waals surface area (Å²) in [6, 6.07) is 13.5. The Labute approximate surface area is 213 Å². The van der Waals surface area contributed by atoms with Gasteiger partial charge >= 0.3 is 0 Å². The van der Waals surface area contributed by atoms with Crippen molar-refractivity contribution in [1.29, 1.82) is 0 Å². The van der Waals surface area contributed by atoms with E-state index in [1.165, 1.54) is 28.8 Å². The smallest absolute Gasteiger partial charge is 0.161 e. The fraction of sp³-hybridized carbons (Fsp3) is 0.310. The van der Waals surface area contributed by atoms with Crippen molar-refractivity contribution in [2.75, 3.05) is 20.8 Å². The summed E-state index contributed by atoms with van der Waals surface area (Å²) in [4.78, 5) is 2.45. The highest BCUT2D eigenvalue weighted by Gasteiger charge is 2.36. The summed E-state index contributed by atoms with van der Waals surface area (Å²) in [5.74, 6) is 0.666. The van der Waals surface area contributed by atoms with Gasteiger partial charge in [-0.15, -0.1) is 0 Å². The van der Waals surface area contributed by atoms with E-state index in [0.29, 0.717) is 17.1 Å². The van der Waals surface area contributed by atoms with E-state index in [-0.39, 0.29) is 19.4 Å². The second kappa shape index (κ2) is 9.36. The molecule has 0 saturated heterocycles. The lowest BCUT2D eigenvalue weighted by atomic mass is 9.85. The molecule has 0 spiro atoms. The average molecular weight is 507 g/mol. The minimum Gasteiger partial charge on any atom is -0.497 e. The Morgan fingerprint density at radius 3 is 2.51 bits per heavy atom. The molecule has 6 nitrogen and oxygen atoms in total. The zero-order valence-electron chi connectivity index (χ0n) is 20.8. The zero-order valence-corrected chi connectivity index (χ0v) is 20.8. The minimum atomic E-state index is -0.632. The van der Waals surface area contributed by atoms with Crippen LogP contribution in [0.15, 0.2) is 48.5 Å². The summed E-state index contributed by atoms with van der Waals surface area (Å²) < 4.78 is 46.3. The number of benzene rings is 3. The lowest BCUT2D eigenvalue weighted by Gasteiger charge is -2.41. The number of hydrogen-bond acceptors (Lipinski definition) is 5. The van der Waals surface area contributed by atoms with Crippen LogP contribution in [0.1, 0.15) is 34.0 Å². The van der Waals surface area contributed by atoms with Crippen molar-refractivity contribution in [3.8, 4) is 17.2 Å². The summed E-state index contributed by atoms with van der Waals surface area (Å²) in [6.45, 7) is 1.57. The third kappa shape index (κ3) is 4.10. The highest BCUT2D eigenvalue weighted by molar-refractivity contribution is 5.87. The molecular weight excluding hydrogens is 478 g/mol. The molecule has 8 heteroatoms. The predicted octanol–water partition coefficient (Wildman–Crippen LogP) is 5.12. The number of aliphatic hydroxyl groups is 1. The standard InChI is InChI=1S/C29H28F2N2O4/c1-35-21-3-4-25-23(11-21)24-12-26-22-13-28(36-2)29(37-15-17-7-19(30)10-20(31)8-17)9-18(22)5-6-32(26)14-27(24)33(25)16-34/h3-4,7-11,13,26,34H,5-6,12,14-16H2,1-2H3. The monoisotopic (exact) mass is 506 g/mol. The number of rotatable bonds is 6. The molecule has 0 bridgehead atoms. The van der Waals surface area contributed by atoms with E-state index in [0.717, 1.165) is 54.3 Å². The molecule has 1 atom stereocenters. The maximum absolute atomic E-state index is 13.6. The van der Waals surface area contributed by atoms with Gasteiger partial charge in [-0.25, -0.2) is 8.78 Å². The molecule has 0 saturated carbocycles. The molecule has 0 fully saturated rings. The van der Waals surface area contributed by atoms with E-state index in [4.69, 9.17) is 14.2 Å². The first-order valence-corrected chi connectivity index (χ1v) is 12.3. The number of aliphatic hydroxyl groups excluding tert-OH is 1. The van der Waals surface area contributed by atoms with Crippen molar-refractivity contribution >= 4 is 10.9 Å². The van der Waals surface area contributed by atoms with E-state index in [2.05, 4.69) is 4.90 Å². The Morgan fingerprint density at radius 1 is 0.973 bits per heavy atom. The number of nitrogens with zero attached hydrogens (tertiary/aromatic N) is 2. The molecule has 0 amide bonds. The molecule has 0 radical (unpaired) electrons. The van der Waals surface area contributed by atoms with E-state index in [1.807, 2.05) is 34.9 Å². The van der Waals surface area contributed by atoms with Crippen LogP contribution in [0, 0.1) is 11.6 Å². The van der Waals surface area contributed by atoms with E-state index in [9.17, 15) is 13.9 Å². The van der Waals surface area contributed by atoms with Crippen LogP contribution in [0.5, 0.6) is 17.2 Å². The molecule has 1 N–H and O–H groups in total. The first kappa shape index (κ1) is 23.8. The molecule has 37 heavy (non-hydrogen) atoms. The number of ether oxygens (including phenoxy) is 3. The Balaban J connectivity index is 1.35. The Kier molecular flexibility index (Phi) is 6.01. The van der Waals surface area contributed by atoms with Crippen LogP contribution in [0.4, 0.5) is 8.78 Å². The number of aromatic nitrogens is 1. The van der Waals surface area contributed by atoms with Crippen molar-refractivity contribution in [2.24, 2.45) is 0 Å². The number of halogens is 2. The van der Waals surface area contributed by atoms with Crippen molar-refractivity contribution < 1.29 is 28.1 Å². The topological polar surface area (TPSA) is 56.1 Å². The molecular formula is C29H28F2N2O4. The zero-order chi connectivity index (χ0) is 25.7. The Bertz CT molecular complexity index is 1480. The predicted molar refractivity (Wildman–Crippen MR) is 135 cm³/mol. The highest BCUT2D eigenvalue weighted by Crippen LogP contribution is 2.45. The minimum absolute atomic E-state index is 0.0330. The first-order valence-electron chi connectivity index (χ1n) is 12.3. The SMILES string of the molecule is COc1ccc2c(c1)c1c(n2CO)CN2CCc3cc(OCc4cc(F)cc(F)c4)c(OC)cc3C2C1. The van der Waals surface area contributed by atoms with Gasteiger partial charge in [0.05, 0.1) is 19.7 Å². The Hall–Kier alpha value is -3.62. The first-order chi connectivity index (χ1) is 18.0. The largest absolute Gasteiger partial charge is 0.497 e. The van der Waals surface area contributed by atoms with Gasteiger partial charge in [0.15, 0.2) is 11.5 Å². The van der Waals surface area contributed by atoms with E-state index < -0.39 is 11.6 Å². The van der Waals surface area contributed by atoms with Crippen LogP contribution in [0.2, 0.25) is 0 Å². The Morgan fingerprint density at radius 2 is 1.78 bits per heavy atom. The fourth-order valence-corrected chi connectivity index (χ4v) is 5.86. The van der Waals surface area contributed by atoms with Crippen LogP contribution in [-0.2, 0) is 32.7 Å². The maximum Gasteiger partial charge on any atom is 0.161 e. The van der Waals surface area contributed by atoms with Crippen molar-refractivity contribution in [1.82, 2.24) is 9.47 Å². The number of methoxy groups -OCH3 is 2. The van der Waals surface area contributed by atoms with E-state index in [1.54, 1.807) is 14.2 Å². The second-order valence-corrected chi connectivity index (χ2v) is 9.59. The average Bonchev–Trinajstić information content (AvgIpc) is 3.21. The lowest BCUT2D eigenvalue weighted by Crippen LogP contribution is -2.39. The van der Waals surface area contributed by atoms with Gasteiger partial charge in [-0.05, 0) is 77.6 Å². The molecule has 3 heterocycles. The van der Waals surface area contributed by atoms with Crippen LogP contribution in [0.25, 0.3) is 10.9 Å². The van der Waals surface area contributed by atoms with Crippen molar-refractivity contribution in [3.63, 3.8) is 0 Å².